The highest BCUT2D eigenvalue weighted by molar-refractivity contribution is 9.10. The van der Waals surface area contributed by atoms with Crippen molar-refractivity contribution in [3.05, 3.63) is 58.1 Å². The highest BCUT2D eigenvalue weighted by atomic mass is 79.9. The summed E-state index contributed by atoms with van der Waals surface area (Å²) in [6, 6.07) is 12.8. The molecule has 21 heavy (non-hydrogen) atoms. The van der Waals surface area contributed by atoms with E-state index >= 15 is 0 Å². The number of anilines is 1. The highest BCUT2D eigenvalue weighted by Crippen LogP contribution is 2.19. The summed E-state index contributed by atoms with van der Waals surface area (Å²) in [7, 11) is 0. The number of hydrogen-bond acceptors (Lipinski definition) is 3. The van der Waals surface area contributed by atoms with Crippen LogP contribution < -0.4 is 15.8 Å². The summed E-state index contributed by atoms with van der Waals surface area (Å²) < 4.78 is 6.51. The van der Waals surface area contributed by atoms with Crippen LogP contribution in [0.5, 0.6) is 5.75 Å². The molecule has 0 spiro atoms. The van der Waals surface area contributed by atoms with Gasteiger partial charge in [0.15, 0.2) is 0 Å². The van der Waals surface area contributed by atoms with Crippen LogP contribution in [0, 0.1) is 6.92 Å². The van der Waals surface area contributed by atoms with Gasteiger partial charge in [0, 0.05) is 10.0 Å². The molecule has 2 rings (SSSR count). The summed E-state index contributed by atoms with van der Waals surface area (Å²) in [6.07, 6.45) is 0. The molecule has 0 aromatic heterocycles. The van der Waals surface area contributed by atoms with Crippen molar-refractivity contribution in [2.24, 2.45) is 0 Å². The molecule has 0 unspecified atom stereocenters. The number of nitrogens with one attached hydrogen (secondary N) is 1. The maximum absolute atomic E-state index is 12.0. The molecule has 2 aromatic carbocycles. The molecule has 0 aliphatic heterocycles. The largest absolute Gasteiger partial charge is 0.490 e. The first-order valence-corrected chi connectivity index (χ1v) is 7.39. The molecule has 3 N–H and O–H groups in total. The number of rotatable bonds is 5. The van der Waals surface area contributed by atoms with E-state index in [2.05, 4.69) is 21.2 Å². The van der Waals surface area contributed by atoms with Gasteiger partial charge in [-0.15, -0.1) is 0 Å². The molecule has 0 aliphatic rings. The second kappa shape index (κ2) is 7.13. The van der Waals surface area contributed by atoms with E-state index in [1.807, 2.05) is 31.2 Å². The van der Waals surface area contributed by atoms with E-state index in [9.17, 15) is 4.79 Å². The van der Waals surface area contributed by atoms with Crippen LogP contribution >= 0.6 is 15.9 Å². The molecule has 0 radical (unpaired) electrons. The first kappa shape index (κ1) is 15.4. The second-order valence-electron chi connectivity index (χ2n) is 4.61. The zero-order valence-corrected chi connectivity index (χ0v) is 13.3. The molecule has 0 atom stereocenters. The number of benzene rings is 2. The number of para-hydroxylation sites is 2. The normalized spacial score (nSPS) is 10.2. The molecular formula is C16H17BrN2O2. The van der Waals surface area contributed by atoms with Crippen molar-refractivity contribution in [1.29, 1.82) is 0 Å². The number of amides is 1. The Kier molecular flexibility index (Phi) is 5.22. The Morgan fingerprint density at radius 3 is 2.76 bits per heavy atom. The fraction of sp³-hybridized carbons (Fsp3) is 0.188. The van der Waals surface area contributed by atoms with E-state index in [0.717, 1.165) is 10.0 Å². The third-order valence-electron chi connectivity index (χ3n) is 2.98. The fourth-order valence-corrected chi connectivity index (χ4v) is 2.07. The number of nitrogen functional groups attached to an aromatic ring is 1. The van der Waals surface area contributed by atoms with Crippen molar-refractivity contribution in [3.63, 3.8) is 0 Å². The van der Waals surface area contributed by atoms with E-state index in [1.165, 1.54) is 0 Å². The predicted molar refractivity (Wildman–Crippen MR) is 87.6 cm³/mol. The third-order valence-corrected chi connectivity index (χ3v) is 3.87. The van der Waals surface area contributed by atoms with Crippen LogP contribution in [0.2, 0.25) is 0 Å². The highest BCUT2D eigenvalue weighted by Gasteiger charge is 2.06. The SMILES string of the molecule is Cc1cc(C(=O)NCCOc2ccccc2N)ccc1Br. The van der Waals surface area contributed by atoms with Crippen LogP contribution in [0.3, 0.4) is 0 Å². The van der Waals surface area contributed by atoms with Gasteiger partial charge in [-0.25, -0.2) is 0 Å². The van der Waals surface area contributed by atoms with Crippen LogP contribution in [0.1, 0.15) is 15.9 Å². The summed E-state index contributed by atoms with van der Waals surface area (Å²) >= 11 is 3.41. The minimum Gasteiger partial charge on any atom is -0.490 e. The maximum Gasteiger partial charge on any atom is 0.251 e. The van der Waals surface area contributed by atoms with Gasteiger partial charge in [-0.3, -0.25) is 4.79 Å². The van der Waals surface area contributed by atoms with Crippen molar-refractivity contribution >= 4 is 27.5 Å². The van der Waals surface area contributed by atoms with E-state index < -0.39 is 0 Å². The van der Waals surface area contributed by atoms with Crippen molar-refractivity contribution in [1.82, 2.24) is 5.32 Å². The Morgan fingerprint density at radius 2 is 2.05 bits per heavy atom. The monoisotopic (exact) mass is 348 g/mol. The van der Waals surface area contributed by atoms with Gasteiger partial charge in [-0.2, -0.15) is 0 Å². The van der Waals surface area contributed by atoms with Gasteiger partial charge in [0.05, 0.1) is 12.2 Å². The lowest BCUT2D eigenvalue weighted by Gasteiger charge is -2.10. The predicted octanol–water partition coefficient (Wildman–Crippen LogP) is 3.15. The van der Waals surface area contributed by atoms with E-state index in [0.29, 0.717) is 30.2 Å². The van der Waals surface area contributed by atoms with Crippen LogP contribution in [0.4, 0.5) is 5.69 Å². The maximum atomic E-state index is 12.0. The number of carbonyl (C=O) groups is 1. The van der Waals surface area contributed by atoms with Gasteiger partial charge in [0.1, 0.15) is 12.4 Å². The molecule has 0 fully saturated rings. The van der Waals surface area contributed by atoms with E-state index in [4.69, 9.17) is 10.5 Å². The molecular weight excluding hydrogens is 332 g/mol. The van der Waals surface area contributed by atoms with Crippen molar-refractivity contribution in [2.45, 2.75) is 6.92 Å². The number of halogens is 1. The van der Waals surface area contributed by atoms with Gasteiger partial charge < -0.3 is 15.8 Å². The van der Waals surface area contributed by atoms with Gasteiger partial charge >= 0.3 is 0 Å². The number of aryl methyl sites for hydroxylation is 1. The fourth-order valence-electron chi connectivity index (χ4n) is 1.83. The minimum absolute atomic E-state index is 0.116. The Bertz CT molecular complexity index is 644. The number of carbonyl (C=O) groups excluding carboxylic acids is 1. The van der Waals surface area contributed by atoms with Crippen molar-refractivity contribution < 1.29 is 9.53 Å². The molecule has 110 valence electrons. The molecule has 0 heterocycles. The summed E-state index contributed by atoms with van der Waals surface area (Å²) in [5.41, 5.74) is 8.02. The average molecular weight is 349 g/mol. The molecule has 5 heteroatoms. The summed E-state index contributed by atoms with van der Waals surface area (Å²) in [5.74, 6) is 0.515. The summed E-state index contributed by atoms with van der Waals surface area (Å²) in [6.45, 7) is 2.74. The summed E-state index contributed by atoms with van der Waals surface area (Å²) in [4.78, 5) is 12.0. The standard InChI is InChI=1S/C16H17BrN2O2/c1-11-10-12(6-7-13(11)17)16(20)19-8-9-21-15-5-3-2-4-14(15)18/h2-7,10H,8-9,18H2,1H3,(H,19,20). The number of hydrogen-bond donors (Lipinski definition) is 2. The van der Waals surface area contributed by atoms with Crippen LogP contribution in [-0.2, 0) is 0 Å². The topological polar surface area (TPSA) is 64.3 Å². The summed E-state index contributed by atoms with van der Waals surface area (Å²) in [5, 5.41) is 2.82. The molecule has 0 saturated carbocycles. The lowest BCUT2D eigenvalue weighted by molar-refractivity contribution is 0.0947. The van der Waals surface area contributed by atoms with Crippen LogP contribution in [0.25, 0.3) is 0 Å². The average Bonchev–Trinajstić information content (AvgIpc) is 2.48. The minimum atomic E-state index is -0.116. The Hall–Kier alpha value is -2.01. The molecule has 1 amide bonds. The Morgan fingerprint density at radius 1 is 1.29 bits per heavy atom. The lowest BCUT2D eigenvalue weighted by atomic mass is 10.1. The zero-order chi connectivity index (χ0) is 15.2. The smallest absolute Gasteiger partial charge is 0.251 e. The Labute approximate surface area is 132 Å². The Balaban J connectivity index is 1.82. The van der Waals surface area contributed by atoms with Crippen molar-refractivity contribution in [3.8, 4) is 5.75 Å². The molecule has 4 nitrogen and oxygen atoms in total. The number of ether oxygens (including phenoxy) is 1. The number of nitrogens with two attached hydrogens (primary N) is 1. The van der Waals surface area contributed by atoms with Gasteiger partial charge in [-0.05, 0) is 42.8 Å². The third kappa shape index (κ3) is 4.23. The molecule has 0 bridgehead atoms. The molecule has 2 aromatic rings. The molecule has 0 saturated heterocycles. The first-order chi connectivity index (χ1) is 10.1. The van der Waals surface area contributed by atoms with E-state index in [-0.39, 0.29) is 5.91 Å². The van der Waals surface area contributed by atoms with E-state index in [1.54, 1.807) is 18.2 Å². The lowest BCUT2D eigenvalue weighted by Crippen LogP contribution is -2.28. The van der Waals surface area contributed by atoms with Gasteiger partial charge in [-0.1, -0.05) is 28.1 Å². The zero-order valence-electron chi connectivity index (χ0n) is 11.7. The van der Waals surface area contributed by atoms with Crippen LogP contribution in [-0.4, -0.2) is 19.1 Å². The first-order valence-electron chi connectivity index (χ1n) is 6.59. The van der Waals surface area contributed by atoms with Gasteiger partial charge in [0.25, 0.3) is 5.91 Å². The van der Waals surface area contributed by atoms with Crippen LogP contribution in [0.15, 0.2) is 46.9 Å². The van der Waals surface area contributed by atoms with Gasteiger partial charge in [0.2, 0.25) is 0 Å². The quantitative estimate of drug-likeness (QED) is 0.644. The molecule has 0 aliphatic carbocycles. The second-order valence-corrected chi connectivity index (χ2v) is 5.46. The van der Waals surface area contributed by atoms with Crippen molar-refractivity contribution in [2.75, 3.05) is 18.9 Å².